The molecule has 1 amide bonds. The summed E-state index contributed by atoms with van der Waals surface area (Å²) in [4.78, 5) is 36.2. The van der Waals surface area contributed by atoms with Gasteiger partial charge in [0, 0.05) is 12.7 Å². The second-order valence-electron chi connectivity index (χ2n) is 5.77. The van der Waals surface area contributed by atoms with E-state index in [1.807, 2.05) is 6.07 Å². The van der Waals surface area contributed by atoms with Gasteiger partial charge in [-0.05, 0) is 43.7 Å². The summed E-state index contributed by atoms with van der Waals surface area (Å²) in [6, 6.07) is 13.5. The lowest BCUT2D eigenvalue weighted by Gasteiger charge is -2.15. The monoisotopic (exact) mass is 355 g/mol. The number of Topliss-reactive ketones (excluding diaryl/α,β-unsaturated/α-hetero) is 1. The third-order valence-electron chi connectivity index (χ3n) is 3.69. The van der Waals surface area contributed by atoms with Crippen LogP contribution in [0, 0.1) is 0 Å². The van der Waals surface area contributed by atoms with Gasteiger partial charge in [0.1, 0.15) is 0 Å². The number of rotatable bonds is 7. The topological polar surface area (TPSA) is 81.7 Å². The zero-order chi connectivity index (χ0) is 19.1. The first-order valence-corrected chi connectivity index (χ1v) is 8.12. The van der Waals surface area contributed by atoms with E-state index >= 15 is 0 Å². The number of carbonyl (C=O) groups excluding carboxylic acids is 3. The van der Waals surface area contributed by atoms with Gasteiger partial charge in [-0.2, -0.15) is 0 Å². The number of hydrogen-bond acceptors (Lipinski definition) is 5. The molecule has 2 rings (SSSR count). The number of nitrogens with one attached hydrogen (secondary N) is 1. The van der Waals surface area contributed by atoms with Crippen LogP contribution in [0.2, 0.25) is 0 Å². The number of hydrogen-bond donors (Lipinski definition) is 1. The van der Waals surface area contributed by atoms with E-state index in [-0.39, 0.29) is 5.78 Å². The van der Waals surface area contributed by atoms with E-state index in [4.69, 9.17) is 9.47 Å². The van der Waals surface area contributed by atoms with Crippen molar-refractivity contribution < 1.29 is 23.9 Å². The van der Waals surface area contributed by atoms with E-state index in [9.17, 15) is 14.4 Å². The third-order valence-corrected chi connectivity index (χ3v) is 3.69. The van der Waals surface area contributed by atoms with Crippen LogP contribution in [-0.4, -0.2) is 30.9 Å². The Kier molecular flexibility index (Phi) is 6.63. The predicted octanol–water partition coefficient (Wildman–Crippen LogP) is 3.22. The average Bonchev–Trinajstić information content (AvgIpc) is 2.62. The van der Waals surface area contributed by atoms with Crippen LogP contribution in [0.3, 0.4) is 0 Å². The number of ether oxygens (including phenoxy) is 2. The van der Waals surface area contributed by atoms with E-state index in [0.717, 1.165) is 5.56 Å². The molecule has 0 aliphatic carbocycles. The Hall–Kier alpha value is -2.99. The number of benzene rings is 2. The van der Waals surface area contributed by atoms with Gasteiger partial charge in [-0.15, -0.1) is 0 Å². The minimum Gasteiger partial charge on any atom is -0.449 e. The molecule has 136 valence electrons. The summed E-state index contributed by atoms with van der Waals surface area (Å²) in [6.45, 7) is 3.27. The van der Waals surface area contributed by atoms with Crippen LogP contribution < -0.4 is 5.32 Å². The van der Waals surface area contributed by atoms with Crippen molar-refractivity contribution in [2.75, 3.05) is 12.4 Å². The van der Waals surface area contributed by atoms with Gasteiger partial charge in [0.2, 0.25) is 0 Å². The molecule has 1 atom stereocenters. The fourth-order valence-corrected chi connectivity index (χ4v) is 2.37. The Morgan fingerprint density at radius 3 is 2.50 bits per heavy atom. The molecule has 0 radical (unpaired) electrons. The molecule has 2 aromatic rings. The van der Waals surface area contributed by atoms with Crippen LogP contribution in [0.1, 0.15) is 40.1 Å². The van der Waals surface area contributed by atoms with E-state index in [2.05, 4.69) is 5.32 Å². The predicted molar refractivity (Wildman–Crippen MR) is 97.1 cm³/mol. The molecule has 2 aromatic carbocycles. The van der Waals surface area contributed by atoms with Gasteiger partial charge in [-0.3, -0.25) is 9.59 Å². The number of anilines is 1. The summed E-state index contributed by atoms with van der Waals surface area (Å²) in [5.74, 6) is -1.29. The Labute approximate surface area is 152 Å². The van der Waals surface area contributed by atoms with E-state index in [0.29, 0.717) is 23.4 Å². The third kappa shape index (κ3) is 5.00. The maximum Gasteiger partial charge on any atom is 0.338 e. The van der Waals surface area contributed by atoms with Crippen LogP contribution in [0.15, 0.2) is 48.5 Å². The Bertz CT molecular complexity index is 815. The van der Waals surface area contributed by atoms with Crippen molar-refractivity contribution in [3.8, 4) is 0 Å². The molecule has 26 heavy (non-hydrogen) atoms. The number of para-hydroxylation sites is 1. The highest BCUT2D eigenvalue weighted by Gasteiger charge is 2.20. The zero-order valence-corrected chi connectivity index (χ0v) is 14.9. The lowest BCUT2D eigenvalue weighted by Crippen LogP contribution is -2.30. The van der Waals surface area contributed by atoms with Crippen molar-refractivity contribution in [2.45, 2.75) is 26.6 Å². The Morgan fingerprint density at radius 1 is 1.08 bits per heavy atom. The van der Waals surface area contributed by atoms with Gasteiger partial charge in [0.15, 0.2) is 11.9 Å². The van der Waals surface area contributed by atoms with Crippen molar-refractivity contribution >= 4 is 23.3 Å². The summed E-state index contributed by atoms with van der Waals surface area (Å²) < 4.78 is 10.3. The summed E-state index contributed by atoms with van der Waals surface area (Å²) in [6.07, 6.45) is -1.02. The lowest BCUT2D eigenvalue weighted by molar-refractivity contribution is -0.123. The van der Waals surface area contributed by atoms with E-state index in [1.165, 1.54) is 13.8 Å². The number of ketones is 1. The van der Waals surface area contributed by atoms with Crippen molar-refractivity contribution in [1.82, 2.24) is 0 Å². The van der Waals surface area contributed by atoms with E-state index in [1.54, 1.807) is 49.6 Å². The van der Waals surface area contributed by atoms with Crippen molar-refractivity contribution in [3.63, 3.8) is 0 Å². The highest BCUT2D eigenvalue weighted by atomic mass is 16.5. The first kappa shape index (κ1) is 19.3. The van der Waals surface area contributed by atoms with Gasteiger partial charge in [0.25, 0.3) is 5.91 Å². The van der Waals surface area contributed by atoms with Gasteiger partial charge >= 0.3 is 5.97 Å². The highest BCUT2D eigenvalue weighted by Crippen LogP contribution is 2.16. The maximum absolute atomic E-state index is 12.3. The second-order valence-corrected chi connectivity index (χ2v) is 5.77. The summed E-state index contributed by atoms with van der Waals surface area (Å²) >= 11 is 0. The smallest absolute Gasteiger partial charge is 0.338 e. The minimum atomic E-state index is -1.02. The minimum absolute atomic E-state index is 0.166. The van der Waals surface area contributed by atoms with Gasteiger partial charge < -0.3 is 14.8 Å². The van der Waals surface area contributed by atoms with Crippen LogP contribution >= 0.6 is 0 Å². The molecule has 0 heterocycles. The molecule has 0 unspecified atom stereocenters. The van der Waals surface area contributed by atoms with Crippen molar-refractivity contribution in [2.24, 2.45) is 0 Å². The fraction of sp³-hybridized carbons (Fsp3) is 0.250. The second kappa shape index (κ2) is 8.92. The first-order valence-electron chi connectivity index (χ1n) is 8.12. The maximum atomic E-state index is 12.3. The summed E-state index contributed by atoms with van der Waals surface area (Å²) in [7, 11) is 1.57. The molecule has 0 aliphatic rings. The molecule has 0 spiro atoms. The zero-order valence-electron chi connectivity index (χ0n) is 14.9. The van der Waals surface area contributed by atoms with Crippen LogP contribution in [0.25, 0.3) is 0 Å². The van der Waals surface area contributed by atoms with Gasteiger partial charge in [0.05, 0.1) is 17.9 Å². The number of amides is 1. The largest absolute Gasteiger partial charge is 0.449 e. The van der Waals surface area contributed by atoms with Crippen molar-refractivity contribution in [1.29, 1.82) is 0 Å². The molecule has 0 aromatic heterocycles. The number of esters is 1. The average molecular weight is 355 g/mol. The van der Waals surface area contributed by atoms with E-state index < -0.39 is 18.0 Å². The molecule has 6 nitrogen and oxygen atoms in total. The first-order chi connectivity index (χ1) is 12.4. The number of methoxy groups -OCH3 is 1. The Balaban J connectivity index is 2.04. The molecule has 0 saturated carbocycles. The quantitative estimate of drug-likeness (QED) is 0.609. The fourth-order valence-electron chi connectivity index (χ4n) is 2.37. The summed E-state index contributed by atoms with van der Waals surface area (Å²) in [5.41, 5.74) is 1.94. The van der Waals surface area contributed by atoms with Crippen LogP contribution in [0.4, 0.5) is 5.69 Å². The molecule has 0 saturated heterocycles. The number of carbonyl (C=O) groups is 3. The lowest BCUT2D eigenvalue weighted by atomic mass is 10.1. The van der Waals surface area contributed by atoms with Crippen molar-refractivity contribution in [3.05, 3.63) is 65.2 Å². The molecule has 1 N–H and O–H groups in total. The normalized spacial score (nSPS) is 11.5. The molecular formula is C20H21NO5. The Morgan fingerprint density at radius 2 is 1.81 bits per heavy atom. The van der Waals surface area contributed by atoms with Gasteiger partial charge in [-0.1, -0.05) is 24.3 Å². The molecular weight excluding hydrogens is 334 g/mol. The summed E-state index contributed by atoms with van der Waals surface area (Å²) in [5, 5.41) is 2.62. The van der Waals surface area contributed by atoms with Crippen LogP contribution in [-0.2, 0) is 20.9 Å². The van der Waals surface area contributed by atoms with Gasteiger partial charge in [-0.25, -0.2) is 4.79 Å². The standard InChI is InChI=1S/C20H21NO5/c1-13(22)17-9-4-5-10-18(17)21-19(23)14(2)26-20(24)16-8-6-7-15(11-16)12-25-3/h4-11,14H,12H2,1-3H3,(H,21,23)/t14-/m1/s1. The van der Waals surface area contributed by atoms with Crippen LogP contribution in [0.5, 0.6) is 0 Å². The SMILES string of the molecule is COCc1cccc(C(=O)O[C@H](C)C(=O)Nc2ccccc2C(C)=O)c1. The molecule has 0 aliphatic heterocycles. The molecule has 6 heteroatoms. The molecule has 0 fully saturated rings. The molecule has 0 bridgehead atoms. The highest BCUT2D eigenvalue weighted by molar-refractivity contribution is 6.05.